The van der Waals surface area contributed by atoms with Gasteiger partial charge < -0.3 is 0 Å². The molecular weight excluding hydrogens is 379 g/mol. The lowest BCUT2D eigenvalue weighted by atomic mass is 10.0. The van der Waals surface area contributed by atoms with Crippen LogP contribution < -0.4 is 0 Å². The Kier molecular flexibility index (Phi) is 3.76. The number of benzene rings is 2. The molecule has 80 valence electrons. The highest BCUT2D eigenvalue weighted by atomic mass is 127. The number of ketones is 1. The molecule has 0 heterocycles. The largest absolute Gasteiger partial charge is 0.289 e. The summed E-state index contributed by atoms with van der Waals surface area (Å²) >= 11 is 5.58. The molecule has 0 fully saturated rings. The van der Waals surface area contributed by atoms with E-state index in [0.29, 0.717) is 5.56 Å². The van der Waals surface area contributed by atoms with Gasteiger partial charge in [0.15, 0.2) is 5.78 Å². The van der Waals surface area contributed by atoms with Crippen molar-refractivity contribution in [1.82, 2.24) is 0 Å². The number of carbonyl (C=O) groups is 1. The van der Waals surface area contributed by atoms with E-state index in [-0.39, 0.29) is 5.78 Å². The summed E-state index contributed by atoms with van der Waals surface area (Å²) in [5, 5.41) is 0. The maximum absolute atomic E-state index is 12.1. The maximum Gasteiger partial charge on any atom is 0.193 e. The van der Waals surface area contributed by atoms with E-state index < -0.39 is 0 Å². The molecule has 0 bridgehead atoms. The summed E-state index contributed by atoms with van der Waals surface area (Å²) in [5.74, 6) is 0.0534. The monoisotopic (exact) mass is 386 g/mol. The van der Waals surface area contributed by atoms with Crippen molar-refractivity contribution in [1.29, 1.82) is 0 Å². The Labute approximate surface area is 116 Å². The number of hydrogen-bond donors (Lipinski definition) is 0. The number of halogens is 2. The molecule has 2 aromatic carbocycles. The van der Waals surface area contributed by atoms with E-state index in [1.807, 2.05) is 48.5 Å². The van der Waals surface area contributed by atoms with Gasteiger partial charge >= 0.3 is 0 Å². The first-order valence-corrected chi connectivity index (χ1v) is 6.60. The second kappa shape index (κ2) is 5.10. The van der Waals surface area contributed by atoms with Crippen LogP contribution in [0.5, 0.6) is 0 Å². The molecule has 0 aromatic heterocycles. The van der Waals surface area contributed by atoms with Crippen molar-refractivity contribution >= 4 is 44.3 Å². The molecule has 0 atom stereocenters. The molecule has 3 heteroatoms. The average molecular weight is 387 g/mol. The second-order valence-electron chi connectivity index (χ2n) is 3.35. The molecule has 0 radical (unpaired) electrons. The molecule has 0 aliphatic rings. The van der Waals surface area contributed by atoms with Crippen LogP contribution >= 0.6 is 38.5 Å². The molecular formula is C13H8BrIO. The van der Waals surface area contributed by atoms with Crippen molar-refractivity contribution in [2.24, 2.45) is 0 Å². The summed E-state index contributed by atoms with van der Waals surface area (Å²) in [7, 11) is 0. The van der Waals surface area contributed by atoms with Gasteiger partial charge in [-0.2, -0.15) is 0 Å². The minimum absolute atomic E-state index is 0.0534. The number of hydrogen-bond acceptors (Lipinski definition) is 1. The van der Waals surface area contributed by atoms with Crippen LogP contribution in [0.4, 0.5) is 0 Å². The third kappa shape index (κ3) is 2.71. The third-order valence-electron chi connectivity index (χ3n) is 2.19. The predicted molar refractivity (Wildman–Crippen MR) is 76.7 cm³/mol. The van der Waals surface area contributed by atoms with Crippen molar-refractivity contribution < 1.29 is 4.79 Å². The highest BCUT2D eigenvalue weighted by molar-refractivity contribution is 14.1. The minimum Gasteiger partial charge on any atom is -0.289 e. The van der Waals surface area contributed by atoms with E-state index >= 15 is 0 Å². The molecule has 0 unspecified atom stereocenters. The lowest BCUT2D eigenvalue weighted by molar-refractivity contribution is 0.103. The fraction of sp³-hybridized carbons (Fsp3) is 0. The van der Waals surface area contributed by atoms with Crippen LogP contribution in [0.1, 0.15) is 15.9 Å². The van der Waals surface area contributed by atoms with Crippen LogP contribution in [-0.2, 0) is 0 Å². The zero-order valence-electron chi connectivity index (χ0n) is 8.28. The Balaban J connectivity index is 2.35. The molecule has 2 rings (SSSR count). The molecule has 0 aliphatic heterocycles. The SMILES string of the molecule is O=C(c1ccc(I)cc1)c1cccc(Br)c1. The van der Waals surface area contributed by atoms with Gasteiger partial charge in [-0.3, -0.25) is 4.79 Å². The quantitative estimate of drug-likeness (QED) is 0.556. The molecule has 0 amide bonds. The van der Waals surface area contributed by atoms with E-state index in [4.69, 9.17) is 0 Å². The zero-order chi connectivity index (χ0) is 11.5. The summed E-state index contributed by atoms with van der Waals surface area (Å²) in [6, 6.07) is 15.0. The van der Waals surface area contributed by atoms with Gasteiger partial charge in [0.1, 0.15) is 0 Å². The van der Waals surface area contributed by atoms with E-state index in [9.17, 15) is 4.79 Å². The fourth-order valence-electron chi connectivity index (χ4n) is 1.40. The summed E-state index contributed by atoms with van der Waals surface area (Å²) < 4.78 is 2.05. The van der Waals surface area contributed by atoms with Crippen molar-refractivity contribution in [3.05, 3.63) is 67.7 Å². The van der Waals surface area contributed by atoms with Crippen LogP contribution in [0.3, 0.4) is 0 Å². The lowest BCUT2D eigenvalue weighted by Gasteiger charge is -2.01. The smallest absolute Gasteiger partial charge is 0.193 e. The van der Waals surface area contributed by atoms with Crippen molar-refractivity contribution in [3.63, 3.8) is 0 Å². The maximum atomic E-state index is 12.1. The van der Waals surface area contributed by atoms with Gasteiger partial charge in [0.25, 0.3) is 0 Å². The van der Waals surface area contributed by atoms with Crippen LogP contribution in [0.15, 0.2) is 53.0 Å². The van der Waals surface area contributed by atoms with Gasteiger partial charge in [0, 0.05) is 19.2 Å². The standard InChI is InChI=1S/C13H8BrIO/c14-11-3-1-2-10(8-11)13(16)9-4-6-12(15)7-5-9/h1-8H. The summed E-state index contributed by atoms with van der Waals surface area (Å²) in [5.41, 5.74) is 1.43. The molecule has 1 nitrogen and oxygen atoms in total. The first-order valence-electron chi connectivity index (χ1n) is 4.72. The summed E-state index contributed by atoms with van der Waals surface area (Å²) in [6.45, 7) is 0. The zero-order valence-corrected chi connectivity index (χ0v) is 12.0. The molecule has 0 saturated heterocycles. The van der Waals surface area contributed by atoms with Gasteiger partial charge in [0.2, 0.25) is 0 Å². The van der Waals surface area contributed by atoms with Crippen LogP contribution in [-0.4, -0.2) is 5.78 Å². The molecule has 0 N–H and O–H groups in total. The van der Waals surface area contributed by atoms with Crippen molar-refractivity contribution in [3.8, 4) is 0 Å². The number of carbonyl (C=O) groups excluding carboxylic acids is 1. The summed E-state index contributed by atoms with van der Waals surface area (Å²) in [6.07, 6.45) is 0. The van der Waals surface area contributed by atoms with Crippen LogP contribution in [0.25, 0.3) is 0 Å². The van der Waals surface area contributed by atoms with Gasteiger partial charge in [0.05, 0.1) is 0 Å². The number of rotatable bonds is 2. The van der Waals surface area contributed by atoms with E-state index in [1.165, 1.54) is 0 Å². The molecule has 16 heavy (non-hydrogen) atoms. The average Bonchev–Trinajstić information content (AvgIpc) is 2.29. The Hall–Kier alpha value is -0.680. The van der Waals surface area contributed by atoms with E-state index in [1.54, 1.807) is 0 Å². The van der Waals surface area contributed by atoms with Gasteiger partial charge in [-0.25, -0.2) is 0 Å². The molecule has 0 saturated carbocycles. The van der Waals surface area contributed by atoms with Gasteiger partial charge in [-0.15, -0.1) is 0 Å². The molecule has 0 spiro atoms. The van der Waals surface area contributed by atoms with Gasteiger partial charge in [-0.1, -0.05) is 28.1 Å². The van der Waals surface area contributed by atoms with E-state index in [2.05, 4.69) is 38.5 Å². The molecule has 0 aliphatic carbocycles. The highest BCUT2D eigenvalue weighted by Gasteiger charge is 2.08. The van der Waals surface area contributed by atoms with Gasteiger partial charge in [-0.05, 0) is 59.0 Å². The Morgan fingerprint density at radius 1 is 1.00 bits per heavy atom. The predicted octanol–water partition coefficient (Wildman–Crippen LogP) is 4.28. The lowest BCUT2D eigenvalue weighted by Crippen LogP contribution is -2.00. The highest BCUT2D eigenvalue weighted by Crippen LogP contribution is 2.16. The summed E-state index contributed by atoms with van der Waals surface area (Å²) in [4.78, 5) is 12.1. The van der Waals surface area contributed by atoms with Crippen molar-refractivity contribution in [2.45, 2.75) is 0 Å². The van der Waals surface area contributed by atoms with Crippen LogP contribution in [0.2, 0.25) is 0 Å². The Morgan fingerprint density at radius 3 is 2.31 bits per heavy atom. The Morgan fingerprint density at radius 2 is 1.69 bits per heavy atom. The first-order chi connectivity index (χ1) is 7.66. The molecule has 2 aromatic rings. The van der Waals surface area contributed by atoms with E-state index in [0.717, 1.165) is 13.6 Å². The normalized spacial score (nSPS) is 10.1. The topological polar surface area (TPSA) is 17.1 Å². The first kappa shape index (κ1) is 11.8. The second-order valence-corrected chi connectivity index (χ2v) is 5.51. The minimum atomic E-state index is 0.0534. The van der Waals surface area contributed by atoms with Crippen LogP contribution in [0, 0.1) is 3.57 Å². The third-order valence-corrected chi connectivity index (χ3v) is 3.41. The Bertz CT molecular complexity index is 520. The fourth-order valence-corrected chi connectivity index (χ4v) is 2.16. The van der Waals surface area contributed by atoms with Crippen molar-refractivity contribution in [2.75, 3.05) is 0 Å².